The molecule has 5 heteroatoms. The third-order valence-corrected chi connectivity index (χ3v) is 5.68. The Morgan fingerprint density at radius 2 is 1.77 bits per heavy atom. The molecular weight excluding hydrogens is 374 g/mol. The van der Waals surface area contributed by atoms with E-state index in [1.807, 2.05) is 85.3 Å². The van der Waals surface area contributed by atoms with Crippen LogP contribution in [0.5, 0.6) is 0 Å². The van der Waals surface area contributed by atoms with Gasteiger partial charge in [0.05, 0.1) is 5.69 Å². The van der Waals surface area contributed by atoms with E-state index in [0.29, 0.717) is 0 Å². The second-order valence-electron chi connectivity index (χ2n) is 7.66. The van der Waals surface area contributed by atoms with Crippen molar-refractivity contribution in [2.75, 3.05) is 10.2 Å². The summed E-state index contributed by atoms with van der Waals surface area (Å²) in [5.41, 5.74) is 5.41. The topological polar surface area (TPSA) is 53.3 Å². The maximum Gasteiger partial charge on any atom is 0.294 e. The van der Waals surface area contributed by atoms with Crippen molar-refractivity contribution in [2.45, 2.75) is 39.8 Å². The third kappa shape index (κ3) is 3.47. The predicted octanol–water partition coefficient (Wildman–Crippen LogP) is 3.88. The van der Waals surface area contributed by atoms with Crippen molar-refractivity contribution in [3.05, 3.63) is 89.2 Å². The molecule has 0 bridgehead atoms. The number of nitrogens with zero attached hydrogens (tertiary/aromatic N) is 2. The molecule has 0 aliphatic carbocycles. The molecule has 0 radical (unpaired) electrons. The average Bonchev–Trinajstić information content (AvgIpc) is 2.74. The number of para-hydroxylation sites is 2. The molecule has 0 saturated heterocycles. The van der Waals surface area contributed by atoms with Gasteiger partial charge in [-0.15, -0.1) is 0 Å². The number of anilines is 2. The van der Waals surface area contributed by atoms with Gasteiger partial charge in [-0.05, 0) is 43.0 Å². The molecule has 5 nitrogen and oxygen atoms in total. The van der Waals surface area contributed by atoms with Crippen LogP contribution in [0.1, 0.15) is 35.3 Å². The SMILES string of the molecule is CCc1cccc(C)c1N1C(=O)C[n+]2ccccc2C1C(=O)Nc1ccccc1C. The number of hydrogen-bond donors (Lipinski definition) is 1. The molecule has 3 aromatic rings. The van der Waals surface area contributed by atoms with Crippen molar-refractivity contribution < 1.29 is 14.2 Å². The van der Waals surface area contributed by atoms with E-state index in [-0.39, 0.29) is 18.4 Å². The molecule has 1 aliphatic heterocycles. The van der Waals surface area contributed by atoms with Crippen LogP contribution in [0.25, 0.3) is 0 Å². The predicted molar refractivity (Wildman–Crippen MR) is 117 cm³/mol. The van der Waals surface area contributed by atoms with Gasteiger partial charge >= 0.3 is 0 Å². The van der Waals surface area contributed by atoms with Crippen LogP contribution >= 0.6 is 0 Å². The Balaban J connectivity index is 1.85. The molecule has 0 saturated carbocycles. The third-order valence-electron chi connectivity index (χ3n) is 5.68. The summed E-state index contributed by atoms with van der Waals surface area (Å²) in [6.45, 7) is 6.23. The van der Waals surface area contributed by atoms with E-state index < -0.39 is 6.04 Å². The largest absolute Gasteiger partial charge is 0.324 e. The zero-order valence-electron chi connectivity index (χ0n) is 17.6. The number of rotatable bonds is 4. The highest BCUT2D eigenvalue weighted by molar-refractivity contribution is 6.06. The number of nitrogens with one attached hydrogen (secondary N) is 1. The Labute approximate surface area is 177 Å². The number of carbonyl (C=O) groups is 2. The summed E-state index contributed by atoms with van der Waals surface area (Å²) < 4.78 is 1.87. The van der Waals surface area contributed by atoms with E-state index >= 15 is 0 Å². The number of fused-ring (bicyclic) bond motifs is 1. The van der Waals surface area contributed by atoms with Crippen LogP contribution in [-0.2, 0) is 22.6 Å². The maximum atomic E-state index is 13.6. The van der Waals surface area contributed by atoms with Crippen molar-refractivity contribution in [3.63, 3.8) is 0 Å². The molecule has 1 atom stereocenters. The standard InChI is InChI=1S/C25H25N3O2/c1-4-19-12-9-11-18(3)23(19)28-22(29)16-27-15-8-7-14-21(27)24(28)25(30)26-20-13-6-5-10-17(20)2/h5-15,24H,4,16H2,1-3H3/p+1. The van der Waals surface area contributed by atoms with Gasteiger partial charge in [0.25, 0.3) is 11.8 Å². The Hall–Kier alpha value is -3.47. The Kier molecular flexibility index (Phi) is 5.36. The molecule has 30 heavy (non-hydrogen) atoms. The van der Waals surface area contributed by atoms with Gasteiger partial charge in [-0.1, -0.05) is 49.4 Å². The smallest absolute Gasteiger partial charge is 0.294 e. The lowest BCUT2D eigenvalue weighted by Crippen LogP contribution is -2.58. The molecule has 152 valence electrons. The zero-order chi connectivity index (χ0) is 21.3. The number of aromatic nitrogens is 1. The monoisotopic (exact) mass is 400 g/mol. The van der Waals surface area contributed by atoms with Gasteiger partial charge in [0.15, 0.2) is 6.20 Å². The Morgan fingerprint density at radius 3 is 2.53 bits per heavy atom. The fourth-order valence-electron chi connectivity index (χ4n) is 4.15. The molecule has 1 aliphatic rings. The van der Waals surface area contributed by atoms with E-state index in [9.17, 15) is 9.59 Å². The summed E-state index contributed by atoms with van der Waals surface area (Å²) in [7, 11) is 0. The fourth-order valence-corrected chi connectivity index (χ4v) is 4.15. The second-order valence-corrected chi connectivity index (χ2v) is 7.66. The van der Waals surface area contributed by atoms with Crippen molar-refractivity contribution in [2.24, 2.45) is 0 Å². The maximum absolute atomic E-state index is 13.6. The summed E-state index contributed by atoms with van der Waals surface area (Å²) in [5, 5.41) is 3.05. The van der Waals surface area contributed by atoms with Gasteiger partial charge in [0, 0.05) is 17.8 Å². The van der Waals surface area contributed by atoms with Gasteiger partial charge in [0.1, 0.15) is 0 Å². The Bertz CT molecular complexity index is 1120. The number of hydrogen-bond acceptors (Lipinski definition) is 2. The number of amides is 2. The lowest BCUT2D eigenvalue weighted by atomic mass is 9.99. The summed E-state index contributed by atoms with van der Waals surface area (Å²) in [6.07, 6.45) is 2.64. The molecule has 0 fully saturated rings. The summed E-state index contributed by atoms with van der Waals surface area (Å²) in [5.74, 6) is -0.310. The first kappa shape index (κ1) is 19.8. The molecule has 2 aromatic carbocycles. The first-order chi connectivity index (χ1) is 14.5. The van der Waals surface area contributed by atoms with Crippen LogP contribution in [0.2, 0.25) is 0 Å². The summed E-state index contributed by atoms with van der Waals surface area (Å²) in [4.78, 5) is 28.6. The highest BCUT2D eigenvalue weighted by atomic mass is 16.2. The van der Waals surface area contributed by atoms with Crippen molar-refractivity contribution in [3.8, 4) is 0 Å². The van der Waals surface area contributed by atoms with Crippen LogP contribution in [0.15, 0.2) is 66.9 Å². The van der Waals surface area contributed by atoms with Gasteiger partial charge in [-0.2, -0.15) is 4.57 Å². The number of carbonyl (C=O) groups excluding carboxylic acids is 2. The van der Waals surface area contributed by atoms with Crippen LogP contribution in [0, 0.1) is 13.8 Å². The van der Waals surface area contributed by atoms with E-state index in [4.69, 9.17) is 0 Å². The lowest BCUT2D eigenvalue weighted by molar-refractivity contribution is -0.695. The van der Waals surface area contributed by atoms with E-state index in [2.05, 4.69) is 12.2 Å². The minimum atomic E-state index is -0.751. The average molecular weight is 401 g/mol. The van der Waals surface area contributed by atoms with Crippen LogP contribution in [-0.4, -0.2) is 11.8 Å². The normalized spacial score (nSPS) is 15.6. The number of aryl methyl sites for hydroxylation is 3. The number of benzene rings is 2. The van der Waals surface area contributed by atoms with Gasteiger partial charge in [-0.25, -0.2) is 0 Å². The molecule has 0 spiro atoms. The minimum Gasteiger partial charge on any atom is -0.324 e. The highest BCUT2D eigenvalue weighted by Crippen LogP contribution is 2.35. The van der Waals surface area contributed by atoms with E-state index in [1.165, 1.54) is 0 Å². The Morgan fingerprint density at radius 1 is 1.03 bits per heavy atom. The summed E-state index contributed by atoms with van der Waals surface area (Å²) >= 11 is 0. The van der Waals surface area contributed by atoms with Crippen LogP contribution < -0.4 is 14.8 Å². The quantitative estimate of drug-likeness (QED) is 0.676. The molecule has 2 amide bonds. The molecule has 4 rings (SSSR count). The molecule has 2 heterocycles. The molecule has 1 aromatic heterocycles. The van der Waals surface area contributed by atoms with Gasteiger partial charge in [0.2, 0.25) is 18.3 Å². The first-order valence-electron chi connectivity index (χ1n) is 10.3. The van der Waals surface area contributed by atoms with Gasteiger partial charge in [-0.3, -0.25) is 14.5 Å². The first-order valence-corrected chi connectivity index (χ1v) is 10.3. The number of pyridine rings is 1. The molecule has 1 unspecified atom stereocenters. The van der Waals surface area contributed by atoms with E-state index in [0.717, 1.165) is 40.2 Å². The van der Waals surface area contributed by atoms with Gasteiger partial charge < -0.3 is 5.32 Å². The van der Waals surface area contributed by atoms with Crippen LogP contribution in [0.4, 0.5) is 11.4 Å². The minimum absolute atomic E-state index is 0.0902. The van der Waals surface area contributed by atoms with Crippen LogP contribution in [0.3, 0.4) is 0 Å². The fraction of sp³-hybridized carbons (Fsp3) is 0.240. The molecule has 1 N–H and O–H groups in total. The van der Waals surface area contributed by atoms with E-state index in [1.54, 1.807) is 4.90 Å². The van der Waals surface area contributed by atoms with Crippen molar-refractivity contribution in [1.82, 2.24) is 0 Å². The second kappa shape index (κ2) is 8.11. The molecular formula is C25H26N3O2+. The van der Waals surface area contributed by atoms with Crippen molar-refractivity contribution in [1.29, 1.82) is 0 Å². The highest BCUT2D eigenvalue weighted by Gasteiger charge is 2.44. The zero-order valence-corrected chi connectivity index (χ0v) is 17.6. The summed E-state index contributed by atoms with van der Waals surface area (Å²) in [6, 6.07) is 18.6. The lowest BCUT2D eigenvalue weighted by Gasteiger charge is -2.34. The van der Waals surface area contributed by atoms with Crippen molar-refractivity contribution >= 4 is 23.2 Å².